The van der Waals surface area contributed by atoms with Crippen molar-refractivity contribution in [2.75, 3.05) is 25.4 Å². The van der Waals surface area contributed by atoms with Crippen molar-refractivity contribution < 1.29 is 26.3 Å². The van der Waals surface area contributed by atoms with Crippen LogP contribution in [-0.4, -0.2) is 50.0 Å². The van der Waals surface area contributed by atoms with E-state index in [2.05, 4.69) is 20.1 Å². The van der Waals surface area contributed by atoms with Gasteiger partial charge >= 0.3 is 12.4 Å². The Bertz CT molecular complexity index is 1230. The van der Waals surface area contributed by atoms with Gasteiger partial charge in [-0.3, -0.25) is 4.98 Å². The Morgan fingerprint density at radius 2 is 1.73 bits per heavy atom. The minimum atomic E-state index is -4.43. The number of hydrogen-bond acceptors (Lipinski definition) is 5. The molecule has 0 N–H and O–H groups in total. The summed E-state index contributed by atoms with van der Waals surface area (Å²) in [4.78, 5) is 5.98. The number of benzene rings is 1. The molecule has 5 rings (SSSR count). The summed E-state index contributed by atoms with van der Waals surface area (Å²) in [7, 11) is 1.78. The van der Waals surface area contributed by atoms with Crippen molar-refractivity contribution in [1.29, 1.82) is 0 Å². The van der Waals surface area contributed by atoms with E-state index >= 15 is 0 Å². The lowest BCUT2D eigenvalue weighted by molar-refractivity contribution is -0.141. The van der Waals surface area contributed by atoms with Crippen LogP contribution in [0.3, 0.4) is 0 Å². The van der Waals surface area contributed by atoms with Gasteiger partial charge in [-0.1, -0.05) is 30.0 Å². The van der Waals surface area contributed by atoms with Gasteiger partial charge in [0.2, 0.25) is 0 Å². The smallest absolute Gasteiger partial charge is 0.305 e. The number of alkyl halides is 6. The number of aromatic nitrogens is 4. The zero-order valence-electron chi connectivity index (χ0n) is 19.7. The fraction of sp³-hybridized carbons (Fsp3) is 0.458. The summed E-state index contributed by atoms with van der Waals surface area (Å²) in [6, 6.07) is 7.48. The molecule has 37 heavy (non-hydrogen) atoms. The van der Waals surface area contributed by atoms with E-state index in [1.165, 1.54) is 30.1 Å². The summed E-state index contributed by atoms with van der Waals surface area (Å²) in [5.41, 5.74) is -0.211. The Hall–Kier alpha value is -2.31. The standard InChI is InChI=1S/C24H23F6N5S.ClH/c1-34-20(15-3-5-16(6-4-15)23(25,26)27)32-33-21(34)36-10-2-9-35-13-18-11-22(18,14-35)17-7-8-19(31-12-17)24(28,29)30;/h3-8,12,18H,2,9-11,13-14H2,1H3;1H/t18-,22+;/m1./s1. The predicted octanol–water partition coefficient (Wildman–Crippen LogP) is 6.09. The van der Waals surface area contributed by atoms with Gasteiger partial charge in [0.05, 0.1) is 5.56 Å². The number of nitrogens with zero attached hydrogens (tertiary/aromatic N) is 5. The first-order chi connectivity index (χ1) is 17.0. The maximum atomic E-state index is 12.8. The van der Waals surface area contributed by atoms with E-state index in [9.17, 15) is 26.3 Å². The molecule has 1 aliphatic carbocycles. The molecule has 2 fully saturated rings. The number of piperidine rings is 1. The van der Waals surface area contributed by atoms with Gasteiger partial charge in [-0.2, -0.15) is 26.3 Å². The summed E-state index contributed by atoms with van der Waals surface area (Å²) < 4.78 is 78.6. The molecule has 0 unspecified atom stereocenters. The second kappa shape index (κ2) is 10.1. The summed E-state index contributed by atoms with van der Waals surface area (Å²) in [6.45, 7) is 2.61. The van der Waals surface area contributed by atoms with E-state index in [1.807, 2.05) is 0 Å². The molecule has 1 saturated heterocycles. The zero-order valence-corrected chi connectivity index (χ0v) is 21.3. The molecule has 0 spiro atoms. The highest BCUT2D eigenvalue weighted by molar-refractivity contribution is 7.99. The van der Waals surface area contributed by atoms with Crippen molar-refractivity contribution in [2.24, 2.45) is 13.0 Å². The zero-order chi connectivity index (χ0) is 25.7. The molecule has 5 nitrogen and oxygen atoms in total. The van der Waals surface area contributed by atoms with Gasteiger partial charge in [-0.15, -0.1) is 22.6 Å². The van der Waals surface area contributed by atoms with Crippen molar-refractivity contribution in [3.8, 4) is 11.4 Å². The highest BCUT2D eigenvalue weighted by atomic mass is 35.5. The van der Waals surface area contributed by atoms with Gasteiger partial charge in [-0.05, 0) is 49.1 Å². The number of fused-ring (bicyclic) bond motifs is 1. The van der Waals surface area contributed by atoms with Crippen LogP contribution in [0.25, 0.3) is 11.4 Å². The molecular weight excluding hydrogens is 540 g/mol. The summed E-state index contributed by atoms with van der Waals surface area (Å²) in [5, 5.41) is 9.00. The second-order valence-electron chi connectivity index (χ2n) is 9.36. The van der Waals surface area contributed by atoms with Crippen molar-refractivity contribution in [3.05, 3.63) is 59.4 Å². The van der Waals surface area contributed by atoms with Crippen LogP contribution in [0.15, 0.2) is 47.8 Å². The first kappa shape index (κ1) is 27.7. The monoisotopic (exact) mass is 563 g/mol. The Labute approximate surface area is 220 Å². The average Bonchev–Trinajstić information content (AvgIpc) is 3.20. The summed E-state index contributed by atoms with van der Waals surface area (Å²) in [5.74, 6) is 1.74. The Kier molecular flexibility index (Phi) is 7.57. The average molecular weight is 564 g/mol. The maximum absolute atomic E-state index is 12.8. The minimum absolute atomic E-state index is 0. The van der Waals surface area contributed by atoms with Gasteiger partial charge in [-0.25, -0.2) is 0 Å². The van der Waals surface area contributed by atoms with Crippen molar-refractivity contribution in [1.82, 2.24) is 24.6 Å². The van der Waals surface area contributed by atoms with Gasteiger partial charge in [0, 0.05) is 43.1 Å². The molecule has 1 saturated carbocycles. The fourth-order valence-electron chi connectivity index (χ4n) is 5.01. The number of thioether (sulfide) groups is 1. The van der Waals surface area contributed by atoms with E-state index in [4.69, 9.17) is 0 Å². The van der Waals surface area contributed by atoms with Crippen molar-refractivity contribution in [2.45, 2.75) is 35.8 Å². The third-order valence-corrected chi connectivity index (χ3v) is 8.11. The molecule has 2 aromatic heterocycles. The van der Waals surface area contributed by atoms with Gasteiger partial charge in [0.15, 0.2) is 11.0 Å². The fourth-order valence-corrected chi connectivity index (χ4v) is 5.85. The molecule has 200 valence electrons. The molecule has 0 radical (unpaired) electrons. The van der Waals surface area contributed by atoms with Crippen LogP contribution in [0.2, 0.25) is 0 Å². The van der Waals surface area contributed by atoms with Crippen LogP contribution in [0, 0.1) is 5.92 Å². The lowest BCUT2D eigenvalue weighted by Gasteiger charge is -2.21. The first-order valence-electron chi connectivity index (χ1n) is 11.4. The molecule has 3 heterocycles. The Morgan fingerprint density at radius 3 is 2.35 bits per heavy atom. The molecule has 2 aliphatic rings. The predicted molar refractivity (Wildman–Crippen MR) is 129 cm³/mol. The lowest BCUT2D eigenvalue weighted by Crippen LogP contribution is -2.28. The molecule has 0 amide bonds. The molecule has 3 aromatic rings. The SMILES string of the molecule is Cl.Cn1c(SCCCN2C[C@H]3C[C@@]3(c3ccc(C(F)(F)F)nc3)C2)nnc1-c1ccc(C(F)(F)F)cc1. The Morgan fingerprint density at radius 1 is 1.00 bits per heavy atom. The number of rotatable bonds is 7. The third-order valence-electron chi connectivity index (χ3n) is 7.00. The van der Waals surface area contributed by atoms with Crippen LogP contribution < -0.4 is 0 Å². The largest absolute Gasteiger partial charge is 0.433 e. The number of likely N-dealkylation sites (tertiary alicyclic amines) is 1. The van der Waals surface area contributed by atoms with E-state index in [-0.39, 0.29) is 17.8 Å². The number of hydrogen-bond donors (Lipinski definition) is 0. The molecule has 0 bridgehead atoms. The van der Waals surface area contributed by atoms with Gasteiger partial charge < -0.3 is 9.47 Å². The van der Waals surface area contributed by atoms with Gasteiger partial charge in [0.1, 0.15) is 5.69 Å². The maximum Gasteiger partial charge on any atom is 0.433 e. The highest BCUT2D eigenvalue weighted by Crippen LogP contribution is 2.59. The number of pyridine rings is 1. The van der Waals surface area contributed by atoms with E-state index < -0.39 is 23.6 Å². The molecule has 13 heteroatoms. The molecule has 1 aromatic carbocycles. The van der Waals surface area contributed by atoms with Gasteiger partial charge in [0.25, 0.3) is 0 Å². The van der Waals surface area contributed by atoms with Crippen molar-refractivity contribution in [3.63, 3.8) is 0 Å². The molecule has 1 aliphatic heterocycles. The van der Waals surface area contributed by atoms with E-state index in [1.54, 1.807) is 17.7 Å². The van der Waals surface area contributed by atoms with E-state index in [0.29, 0.717) is 22.5 Å². The topological polar surface area (TPSA) is 46.8 Å². The third kappa shape index (κ3) is 5.61. The minimum Gasteiger partial charge on any atom is -0.305 e. The second-order valence-corrected chi connectivity index (χ2v) is 10.4. The van der Waals surface area contributed by atoms with Crippen LogP contribution >= 0.6 is 24.2 Å². The van der Waals surface area contributed by atoms with Crippen LogP contribution in [0.5, 0.6) is 0 Å². The summed E-state index contributed by atoms with van der Waals surface area (Å²) in [6.07, 6.45) is -5.56. The van der Waals surface area contributed by atoms with Crippen molar-refractivity contribution >= 4 is 24.2 Å². The molecular formula is C24H24ClF6N5S. The summed E-state index contributed by atoms with van der Waals surface area (Å²) >= 11 is 1.53. The van der Waals surface area contributed by atoms with Crippen LogP contribution in [-0.2, 0) is 24.8 Å². The van der Waals surface area contributed by atoms with Crippen LogP contribution in [0.1, 0.15) is 29.7 Å². The normalized spacial score (nSPS) is 21.5. The number of halogens is 7. The quantitative estimate of drug-likeness (QED) is 0.198. The van der Waals surface area contributed by atoms with E-state index in [0.717, 1.165) is 62.0 Å². The molecule has 2 atom stereocenters. The first-order valence-corrected chi connectivity index (χ1v) is 12.4. The lowest BCUT2D eigenvalue weighted by atomic mass is 9.96. The highest BCUT2D eigenvalue weighted by Gasteiger charge is 2.60. The Balaban J connectivity index is 0.00000320. The van der Waals surface area contributed by atoms with Crippen LogP contribution in [0.4, 0.5) is 26.3 Å².